The van der Waals surface area contributed by atoms with Crippen molar-refractivity contribution in [3.05, 3.63) is 29.3 Å². The van der Waals surface area contributed by atoms with Crippen molar-refractivity contribution in [1.29, 1.82) is 0 Å². The minimum absolute atomic E-state index is 0.327. The van der Waals surface area contributed by atoms with Gasteiger partial charge in [0.15, 0.2) is 6.29 Å². The van der Waals surface area contributed by atoms with Crippen LogP contribution in [0.3, 0.4) is 0 Å². The summed E-state index contributed by atoms with van der Waals surface area (Å²) < 4.78 is 9.99. The van der Waals surface area contributed by atoms with Crippen LogP contribution in [0.1, 0.15) is 25.0 Å². The zero-order chi connectivity index (χ0) is 13.7. The number of hydrogen-bond acceptors (Lipinski definition) is 4. The van der Waals surface area contributed by atoms with Gasteiger partial charge >= 0.3 is 5.97 Å². The number of anilines is 1. The van der Waals surface area contributed by atoms with E-state index in [-0.39, 0.29) is 5.97 Å². The van der Waals surface area contributed by atoms with Crippen LogP contribution in [0, 0.1) is 13.8 Å². The van der Waals surface area contributed by atoms with Crippen LogP contribution in [-0.2, 0) is 14.3 Å². The third-order valence-corrected chi connectivity index (χ3v) is 2.81. The zero-order valence-corrected chi connectivity index (χ0v) is 11.6. The lowest BCUT2D eigenvalue weighted by molar-refractivity contribution is -0.170. The van der Waals surface area contributed by atoms with Crippen molar-refractivity contribution < 1.29 is 14.3 Å². The third kappa shape index (κ3) is 3.74. The molecule has 0 aliphatic rings. The summed E-state index contributed by atoms with van der Waals surface area (Å²) in [5, 5.41) is 3.18. The molecule has 0 bridgehead atoms. The number of rotatable bonds is 5. The molecule has 4 heteroatoms. The molecule has 18 heavy (non-hydrogen) atoms. The van der Waals surface area contributed by atoms with Crippen molar-refractivity contribution in [1.82, 2.24) is 0 Å². The molecule has 0 heterocycles. The van der Waals surface area contributed by atoms with Gasteiger partial charge in [-0.05, 0) is 38.8 Å². The van der Waals surface area contributed by atoms with Gasteiger partial charge < -0.3 is 14.8 Å². The first-order valence-corrected chi connectivity index (χ1v) is 6.01. The van der Waals surface area contributed by atoms with E-state index in [4.69, 9.17) is 9.47 Å². The normalized spacial score (nSPS) is 13.8. The van der Waals surface area contributed by atoms with Crippen LogP contribution in [0.5, 0.6) is 0 Å². The molecule has 1 aromatic carbocycles. The molecule has 2 atom stereocenters. The molecule has 1 N–H and O–H groups in total. The van der Waals surface area contributed by atoms with E-state index in [2.05, 4.69) is 5.32 Å². The predicted molar refractivity (Wildman–Crippen MR) is 71.6 cm³/mol. The maximum Gasteiger partial charge on any atom is 0.330 e. The van der Waals surface area contributed by atoms with Crippen LogP contribution in [0.15, 0.2) is 18.2 Å². The van der Waals surface area contributed by atoms with E-state index in [1.54, 1.807) is 13.8 Å². The Morgan fingerprint density at radius 1 is 1.22 bits per heavy atom. The lowest BCUT2D eigenvalue weighted by Crippen LogP contribution is -2.31. The average molecular weight is 251 g/mol. The molecule has 4 nitrogen and oxygen atoms in total. The number of carbonyl (C=O) groups excluding carboxylic acids is 1. The Kier molecular flexibility index (Phi) is 5.16. The molecule has 1 rings (SSSR count). The molecule has 1 unspecified atom stereocenters. The van der Waals surface area contributed by atoms with Crippen LogP contribution in [0.2, 0.25) is 0 Å². The van der Waals surface area contributed by atoms with Gasteiger partial charge in [0.2, 0.25) is 0 Å². The van der Waals surface area contributed by atoms with E-state index in [1.807, 2.05) is 32.0 Å². The molecule has 0 aliphatic carbocycles. The van der Waals surface area contributed by atoms with Crippen molar-refractivity contribution in [2.24, 2.45) is 0 Å². The van der Waals surface area contributed by atoms with E-state index in [1.165, 1.54) is 7.11 Å². The summed E-state index contributed by atoms with van der Waals surface area (Å²) >= 11 is 0. The third-order valence-electron chi connectivity index (χ3n) is 2.81. The number of methoxy groups -OCH3 is 1. The smallest absolute Gasteiger partial charge is 0.330 e. The molecule has 1 aromatic rings. The fourth-order valence-electron chi connectivity index (χ4n) is 1.63. The van der Waals surface area contributed by atoms with Crippen molar-refractivity contribution in [3.63, 3.8) is 0 Å². The molecule has 0 radical (unpaired) electrons. The number of para-hydroxylation sites is 1. The summed E-state index contributed by atoms with van der Waals surface area (Å²) in [6.45, 7) is 7.47. The van der Waals surface area contributed by atoms with Gasteiger partial charge in [0.1, 0.15) is 6.04 Å². The van der Waals surface area contributed by atoms with Crippen LogP contribution in [0.25, 0.3) is 0 Å². The number of carbonyl (C=O) groups is 1. The molecular weight excluding hydrogens is 230 g/mol. The van der Waals surface area contributed by atoms with Gasteiger partial charge in [-0.15, -0.1) is 0 Å². The van der Waals surface area contributed by atoms with Crippen molar-refractivity contribution in [3.8, 4) is 0 Å². The summed E-state index contributed by atoms with van der Waals surface area (Å²) in [7, 11) is 1.50. The second-order valence-corrected chi connectivity index (χ2v) is 4.37. The molecule has 0 saturated heterocycles. The van der Waals surface area contributed by atoms with E-state index < -0.39 is 12.3 Å². The van der Waals surface area contributed by atoms with Crippen molar-refractivity contribution in [2.45, 2.75) is 40.0 Å². The number of aryl methyl sites for hydroxylation is 2. The van der Waals surface area contributed by atoms with Gasteiger partial charge in [-0.2, -0.15) is 0 Å². The molecule has 0 fully saturated rings. The molecule has 0 saturated carbocycles. The number of hydrogen-bond donors (Lipinski definition) is 1. The maximum atomic E-state index is 11.8. The molecule has 0 aliphatic heterocycles. The summed E-state index contributed by atoms with van der Waals surface area (Å²) in [5.41, 5.74) is 3.19. The van der Waals surface area contributed by atoms with Gasteiger partial charge in [-0.1, -0.05) is 18.2 Å². The van der Waals surface area contributed by atoms with E-state index in [0.717, 1.165) is 16.8 Å². The summed E-state index contributed by atoms with van der Waals surface area (Å²) in [6, 6.07) is 5.59. The molecule has 0 amide bonds. The lowest BCUT2D eigenvalue weighted by Gasteiger charge is -2.19. The highest BCUT2D eigenvalue weighted by atomic mass is 16.7. The van der Waals surface area contributed by atoms with Gasteiger partial charge in [0.25, 0.3) is 0 Å². The monoisotopic (exact) mass is 251 g/mol. The lowest BCUT2D eigenvalue weighted by atomic mass is 10.1. The summed E-state index contributed by atoms with van der Waals surface area (Å²) in [5.74, 6) is -0.327. The van der Waals surface area contributed by atoms with E-state index in [0.29, 0.717) is 0 Å². The second kappa shape index (κ2) is 6.40. The molecule has 0 aromatic heterocycles. The van der Waals surface area contributed by atoms with Crippen molar-refractivity contribution in [2.75, 3.05) is 12.4 Å². The fourth-order valence-corrected chi connectivity index (χ4v) is 1.63. The first kappa shape index (κ1) is 14.5. The molecule has 100 valence electrons. The van der Waals surface area contributed by atoms with Gasteiger partial charge in [-0.25, -0.2) is 4.79 Å². The summed E-state index contributed by atoms with van der Waals surface area (Å²) in [4.78, 5) is 11.8. The topological polar surface area (TPSA) is 47.6 Å². The average Bonchev–Trinajstić information content (AvgIpc) is 2.33. The van der Waals surface area contributed by atoms with Gasteiger partial charge in [0.05, 0.1) is 0 Å². The second-order valence-electron chi connectivity index (χ2n) is 4.37. The predicted octanol–water partition coefficient (Wildman–Crippen LogP) is 2.64. The maximum absolute atomic E-state index is 11.8. The Hall–Kier alpha value is -1.55. The first-order valence-electron chi connectivity index (χ1n) is 6.01. The minimum atomic E-state index is -0.528. The Morgan fingerprint density at radius 3 is 2.28 bits per heavy atom. The van der Waals surface area contributed by atoms with Gasteiger partial charge in [0, 0.05) is 12.8 Å². The SMILES string of the molecule is COC(C)OC(=O)[C@H](C)Nc1c(C)cccc1C. The standard InChI is InChI=1S/C14H21NO3/c1-9-7-6-8-10(2)13(9)15-11(3)14(16)18-12(4)17-5/h6-8,11-12,15H,1-5H3/t11-,12?/m0/s1. The Labute approximate surface area is 108 Å². The van der Waals surface area contributed by atoms with E-state index >= 15 is 0 Å². The van der Waals surface area contributed by atoms with Crippen molar-refractivity contribution >= 4 is 11.7 Å². The summed E-state index contributed by atoms with van der Waals surface area (Å²) in [6.07, 6.45) is -0.528. The Balaban J connectivity index is 2.70. The quantitative estimate of drug-likeness (QED) is 0.645. The molecular formula is C14H21NO3. The van der Waals surface area contributed by atoms with Crippen LogP contribution in [-0.4, -0.2) is 25.4 Å². The zero-order valence-electron chi connectivity index (χ0n) is 11.6. The Bertz CT molecular complexity index is 397. The van der Waals surface area contributed by atoms with Crippen LogP contribution >= 0.6 is 0 Å². The first-order chi connectivity index (χ1) is 8.45. The number of esters is 1. The highest BCUT2D eigenvalue weighted by molar-refractivity contribution is 5.79. The highest BCUT2D eigenvalue weighted by Crippen LogP contribution is 2.20. The minimum Gasteiger partial charge on any atom is -0.435 e. The molecule has 0 spiro atoms. The number of ether oxygens (including phenoxy) is 2. The fraction of sp³-hybridized carbons (Fsp3) is 0.500. The Morgan fingerprint density at radius 2 is 1.78 bits per heavy atom. The van der Waals surface area contributed by atoms with Crippen LogP contribution < -0.4 is 5.32 Å². The largest absolute Gasteiger partial charge is 0.435 e. The van der Waals surface area contributed by atoms with Gasteiger partial charge in [-0.3, -0.25) is 0 Å². The number of benzene rings is 1. The van der Waals surface area contributed by atoms with Crippen LogP contribution in [0.4, 0.5) is 5.69 Å². The van der Waals surface area contributed by atoms with E-state index in [9.17, 15) is 4.79 Å². The highest BCUT2D eigenvalue weighted by Gasteiger charge is 2.18. The number of nitrogens with one attached hydrogen (secondary N) is 1.